The number of hydrogen-bond donors (Lipinski definition) is 0. The zero-order valence-corrected chi connectivity index (χ0v) is 41.8. The summed E-state index contributed by atoms with van der Waals surface area (Å²) in [4.78, 5) is 3.41. The van der Waals surface area contributed by atoms with Crippen molar-refractivity contribution in [1.29, 1.82) is 0 Å². The molecule has 11 unspecified atom stereocenters. The second-order valence-corrected chi connectivity index (χ2v) is 28.1. The summed E-state index contributed by atoms with van der Waals surface area (Å²) in [6, 6.07) is 2.65. The lowest BCUT2D eigenvalue weighted by molar-refractivity contribution is -0.0807. The third-order valence-electron chi connectivity index (χ3n) is 24.0. The van der Waals surface area contributed by atoms with E-state index in [1.54, 1.807) is 128 Å². The van der Waals surface area contributed by atoms with Gasteiger partial charge in [-0.1, -0.05) is 89.9 Å². The van der Waals surface area contributed by atoms with Crippen LogP contribution in [0.25, 0.3) is 0 Å². The first-order valence-electron chi connectivity index (χ1n) is 30.3. The molecule has 0 amide bonds. The van der Waals surface area contributed by atoms with E-state index in [9.17, 15) is 0 Å². The molecule has 10 saturated carbocycles. The van der Waals surface area contributed by atoms with Gasteiger partial charge >= 0.3 is 0 Å². The first-order valence-corrected chi connectivity index (χ1v) is 31.2. The first-order chi connectivity index (χ1) is 31.2. The van der Waals surface area contributed by atoms with Crippen LogP contribution in [0.3, 0.4) is 0 Å². The summed E-state index contributed by atoms with van der Waals surface area (Å²) in [5, 5.41) is 1.91. The van der Waals surface area contributed by atoms with E-state index in [0.29, 0.717) is 12.2 Å². The van der Waals surface area contributed by atoms with Crippen LogP contribution < -0.4 is 0 Å². The van der Waals surface area contributed by atoms with Crippen molar-refractivity contribution >= 4 is 11.8 Å². The van der Waals surface area contributed by atoms with Crippen molar-refractivity contribution in [3.05, 3.63) is 0 Å². The molecule has 0 N–H and O–H groups in total. The lowest BCUT2D eigenvalue weighted by atomic mass is 9.62. The van der Waals surface area contributed by atoms with Gasteiger partial charge in [-0.3, -0.25) is 4.90 Å². The maximum absolute atomic E-state index is 7.72. The van der Waals surface area contributed by atoms with Crippen LogP contribution in [-0.4, -0.2) is 45.7 Å². The lowest BCUT2D eigenvalue weighted by Crippen LogP contribution is -2.54. The molecule has 0 aromatic carbocycles. The van der Waals surface area contributed by atoms with Crippen molar-refractivity contribution in [2.75, 3.05) is 0 Å². The van der Waals surface area contributed by atoms with E-state index in [1.807, 2.05) is 0 Å². The summed E-state index contributed by atoms with van der Waals surface area (Å²) >= 11 is 2.46. The lowest BCUT2D eigenvalue weighted by Gasteiger charge is -2.52. The van der Waals surface area contributed by atoms with E-state index in [-0.39, 0.29) is 0 Å². The average molecular weight is 883 g/mol. The Morgan fingerprint density at radius 3 is 1.27 bits per heavy atom. The van der Waals surface area contributed by atoms with Crippen LogP contribution in [0.15, 0.2) is 0 Å². The van der Waals surface area contributed by atoms with Crippen molar-refractivity contribution in [3.63, 3.8) is 0 Å². The van der Waals surface area contributed by atoms with E-state index in [1.165, 1.54) is 122 Å². The third-order valence-corrected chi connectivity index (χ3v) is 25.9. The summed E-state index contributed by atoms with van der Waals surface area (Å²) in [6.45, 7) is 0. The maximum atomic E-state index is 7.72. The van der Waals surface area contributed by atoms with Gasteiger partial charge in [0.05, 0.1) is 12.2 Å². The van der Waals surface area contributed by atoms with E-state index >= 15 is 0 Å². The van der Waals surface area contributed by atoms with Gasteiger partial charge in [-0.25, -0.2) is 0 Å². The van der Waals surface area contributed by atoms with Crippen molar-refractivity contribution in [1.82, 2.24) is 4.90 Å². The SMILES string of the molecule is C1CCC(C2CCC(C3CCC(N(C4CCC(C5CCC(C6CCCCC6)CC5)CC4)C4CCCC(C5CCCC6C7CCC8SC9CCCCC9C8C7OC56)C4)CC3)CC2)CC1. The zero-order valence-electron chi connectivity index (χ0n) is 41.0. The van der Waals surface area contributed by atoms with Crippen LogP contribution in [0.1, 0.15) is 250 Å². The monoisotopic (exact) mass is 882 g/mol. The second-order valence-electron chi connectivity index (χ2n) is 26.6. The Bertz CT molecular complexity index is 1360. The molecule has 10 aliphatic carbocycles. The highest BCUT2D eigenvalue weighted by atomic mass is 32.2. The average Bonchev–Trinajstić information content (AvgIpc) is 3.94. The van der Waals surface area contributed by atoms with Gasteiger partial charge in [0, 0.05) is 34.5 Å². The van der Waals surface area contributed by atoms with Crippen molar-refractivity contribution in [2.45, 2.75) is 291 Å². The number of rotatable bonds is 8. The first kappa shape index (κ1) is 44.5. The molecule has 0 aromatic heterocycles. The Kier molecular flexibility index (Phi) is 14.3. The third kappa shape index (κ3) is 9.26. The van der Waals surface area contributed by atoms with Gasteiger partial charge in [0.2, 0.25) is 0 Å². The number of thioether (sulfide) groups is 1. The number of nitrogens with zero attached hydrogens (tertiary/aromatic N) is 1. The molecule has 2 heterocycles. The van der Waals surface area contributed by atoms with Gasteiger partial charge < -0.3 is 4.74 Å². The van der Waals surface area contributed by atoms with Crippen molar-refractivity contribution in [2.24, 2.45) is 82.9 Å². The topological polar surface area (TPSA) is 12.5 Å². The predicted octanol–water partition coefficient (Wildman–Crippen LogP) is 16.6. The maximum Gasteiger partial charge on any atom is 0.0652 e. The quantitative estimate of drug-likeness (QED) is 0.241. The molecule has 3 heteroatoms. The molecule has 356 valence electrons. The highest BCUT2D eigenvalue weighted by Gasteiger charge is 2.60. The molecule has 12 rings (SSSR count). The fourth-order valence-electron chi connectivity index (χ4n) is 21.0. The van der Waals surface area contributed by atoms with Crippen LogP contribution in [0.5, 0.6) is 0 Å². The summed E-state index contributed by atoms with van der Waals surface area (Å²) in [5.74, 6) is 14.1. The van der Waals surface area contributed by atoms with Gasteiger partial charge in [-0.2, -0.15) is 11.8 Å². The molecule has 12 aliphatic rings. The summed E-state index contributed by atoms with van der Waals surface area (Å²) < 4.78 is 7.72. The van der Waals surface area contributed by atoms with E-state index in [4.69, 9.17) is 4.74 Å². The molecule has 0 bridgehead atoms. The minimum atomic E-state index is 0.615. The van der Waals surface area contributed by atoms with Crippen LogP contribution in [0.2, 0.25) is 0 Å². The van der Waals surface area contributed by atoms with Crippen LogP contribution in [0.4, 0.5) is 0 Å². The highest BCUT2D eigenvalue weighted by molar-refractivity contribution is 8.00. The van der Waals surface area contributed by atoms with Gasteiger partial charge in [0.1, 0.15) is 0 Å². The van der Waals surface area contributed by atoms with Crippen LogP contribution in [0, 0.1) is 82.9 Å². The highest BCUT2D eigenvalue weighted by Crippen LogP contribution is 2.62. The molecule has 2 aliphatic heterocycles. The molecule has 11 atom stereocenters. The Morgan fingerprint density at radius 2 is 0.698 bits per heavy atom. The van der Waals surface area contributed by atoms with Crippen molar-refractivity contribution < 1.29 is 4.74 Å². The summed E-state index contributed by atoms with van der Waals surface area (Å²) in [7, 11) is 0. The van der Waals surface area contributed by atoms with Gasteiger partial charge in [-0.15, -0.1) is 0 Å². The molecular weight excluding hydrogens is 783 g/mol. The Labute approximate surface area is 393 Å². The van der Waals surface area contributed by atoms with Crippen LogP contribution >= 0.6 is 11.8 Å². The fourth-order valence-corrected chi connectivity index (χ4v) is 23.0. The Hall–Kier alpha value is 0.270. The molecule has 2 saturated heterocycles. The normalized spacial score (nSPS) is 50.3. The zero-order chi connectivity index (χ0) is 41.7. The standard InChI is InChI=1S/C60H99NOS/c1-3-11-40(12-4-1)42-21-25-44(26-22-42)46-29-33-49(34-30-46)61(50-35-31-47(32-36-50)45-27-23-43(24-28-45)41-13-5-2-6-14-41)51-16-9-15-48(39-51)52-18-10-19-53-54-37-38-57-58(60(54)62-59(52)53)55-17-7-8-20-56(55)63-57/h40-60H,1-39H2. The second kappa shape index (κ2) is 20.3. The molecule has 0 spiro atoms. The molecule has 63 heavy (non-hydrogen) atoms. The number of fused-ring (bicyclic) bond motifs is 7. The number of hydrogen-bond acceptors (Lipinski definition) is 3. The van der Waals surface area contributed by atoms with Crippen molar-refractivity contribution in [3.8, 4) is 0 Å². The molecule has 12 fully saturated rings. The van der Waals surface area contributed by atoms with E-state index in [0.717, 1.165) is 111 Å². The molecule has 2 nitrogen and oxygen atoms in total. The predicted molar refractivity (Wildman–Crippen MR) is 266 cm³/mol. The van der Waals surface area contributed by atoms with Crippen LogP contribution in [-0.2, 0) is 4.74 Å². The van der Waals surface area contributed by atoms with Gasteiger partial charge in [0.15, 0.2) is 0 Å². The van der Waals surface area contributed by atoms with E-state index < -0.39 is 0 Å². The Balaban J connectivity index is 0.711. The van der Waals surface area contributed by atoms with E-state index in [2.05, 4.69) is 16.7 Å². The minimum absolute atomic E-state index is 0.615. The smallest absolute Gasteiger partial charge is 0.0652 e. The molecule has 0 radical (unpaired) electrons. The fraction of sp³-hybridized carbons (Fsp3) is 1.00. The molecular formula is C60H99NOS. The minimum Gasteiger partial charge on any atom is -0.374 e. The summed E-state index contributed by atoms with van der Waals surface area (Å²) in [5.41, 5.74) is 0. The van der Waals surface area contributed by atoms with Gasteiger partial charge in [0.25, 0.3) is 0 Å². The Morgan fingerprint density at radius 1 is 0.270 bits per heavy atom. The number of ether oxygens (including phenoxy) is 1. The van der Waals surface area contributed by atoms with Gasteiger partial charge in [-0.05, 0) is 237 Å². The molecule has 0 aromatic rings. The largest absolute Gasteiger partial charge is 0.374 e. The summed E-state index contributed by atoms with van der Waals surface area (Å²) in [6.07, 6.45) is 61.5.